The highest BCUT2D eigenvalue weighted by atomic mass is 16.6. The lowest BCUT2D eigenvalue weighted by molar-refractivity contribution is -0.384. The minimum Gasteiger partial charge on any atom is -0.444 e. The molecular weight excluding hydrogens is 406 g/mol. The van der Waals surface area contributed by atoms with E-state index in [-0.39, 0.29) is 22.1 Å². The second kappa shape index (κ2) is 9.12. The topological polar surface area (TPSA) is 75.9 Å². The monoisotopic (exact) mass is 443 g/mol. The molecule has 1 unspecified atom stereocenters. The molecule has 1 fully saturated rings. The number of nitro groups is 1. The maximum atomic E-state index is 12.4. The van der Waals surface area contributed by atoms with Crippen LogP contribution >= 0.6 is 0 Å². The van der Waals surface area contributed by atoms with Crippen molar-refractivity contribution in [2.24, 2.45) is 11.3 Å². The van der Waals surface area contributed by atoms with Crippen LogP contribution in [0.15, 0.2) is 24.3 Å². The van der Waals surface area contributed by atoms with E-state index < -0.39 is 5.60 Å². The third-order valence-electron chi connectivity index (χ3n) is 6.44. The summed E-state index contributed by atoms with van der Waals surface area (Å²) < 4.78 is 5.49. The number of rotatable bonds is 3. The number of nitro benzene ring substituents is 1. The largest absolute Gasteiger partial charge is 0.444 e. The lowest BCUT2D eigenvalue weighted by atomic mass is 9.72. The fourth-order valence-electron chi connectivity index (χ4n) is 4.57. The van der Waals surface area contributed by atoms with Crippen molar-refractivity contribution >= 4 is 23.0 Å². The van der Waals surface area contributed by atoms with Gasteiger partial charge in [0.15, 0.2) is 0 Å². The highest BCUT2D eigenvalue weighted by molar-refractivity contribution is 5.83. The van der Waals surface area contributed by atoms with E-state index in [1.165, 1.54) is 5.57 Å². The number of nitrogens with zero attached hydrogens (tertiary/aromatic N) is 3. The summed E-state index contributed by atoms with van der Waals surface area (Å²) in [5, 5.41) is 11.9. The second-order valence-corrected chi connectivity index (χ2v) is 11.0. The first kappa shape index (κ1) is 24.1. The van der Waals surface area contributed by atoms with E-state index in [4.69, 9.17) is 4.74 Å². The number of carbonyl (C=O) groups excluding carboxylic acids is 1. The highest BCUT2D eigenvalue weighted by Crippen LogP contribution is 2.44. The lowest BCUT2D eigenvalue weighted by Crippen LogP contribution is -2.50. The molecule has 1 atom stereocenters. The molecule has 7 nitrogen and oxygen atoms in total. The Balaban J connectivity index is 1.84. The standard InChI is InChI=1S/C25H37N3O4/c1-24(2,3)19-12-10-18(11-13-19)20-8-7-9-21(28(30)31)22(20)26-14-16-27(17-15-26)23(29)32-25(4,5)6/h7-10,19H,11-17H2,1-6H3. The molecule has 0 N–H and O–H groups in total. The third-order valence-corrected chi connectivity index (χ3v) is 6.44. The zero-order chi connectivity index (χ0) is 23.7. The Morgan fingerprint density at radius 1 is 1.09 bits per heavy atom. The van der Waals surface area contributed by atoms with Gasteiger partial charge in [0.25, 0.3) is 5.69 Å². The summed E-state index contributed by atoms with van der Waals surface area (Å²) in [6.07, 6.45) is 4.95. The molecule has 7 heteroatoms. The molecule has 1 aromatic rings. The van der Waals surface area contributed by atoms with Crippen LogP contribution in [0.1, 0.15) is 66.4 Å². The number of para-hydroxylation sites is 1. The van der Waals surface area contributed by atoms with Crippen molar-refractivity contribution in [3.63, 3.8) is 0 Å². The third kappa shape index (κ3) is 5.61. The average Bonchev–Trinajstić information content (AvgIpc) is 2.71. The zero-order valence-corrected chi connectivity index (χ0v) is 20.3. The minimum absolute atomic E-state index is 0.132. The molecule has 1 saturated heterocycles. The minimum atomic E-state index is -0.544. The fourth-order valence-corrected chi connectivity index (χ4v) is 4.57. The van der Waals surface area contributed by atoms with Crippen molar-refractivity contribution in [1.82, 2.24) is 4.90 Å². The molecule has 3 rings (SSSR count). The van der Waals surface area contributed by atoms with Gasteiger partial charge < -0.3 is 14.5 Å². The Labute approximate surface area is 191 Å². The molecule has 1 aliphatic heterocycles. The molecule has 1 aliphatic carbocycles. The van der Waals surface area contributed by atoms with Gasteiger partial charge in [-0.2, -0.15) is 0 Å². The summed E-state index contributed by atoms with van der Waals surface area (Å²) in [6.45, 7) is 14.4. The predicted molar refractivity (Wildman–Crippen MR) is 128 cm³/mol. The second-order valence-electron chi connectivity index (χ2n) is 11.0. The summed E-state index contributed by atoms with van der Waals surface area (Å²) in [6, 6.07) is 5.37. The number of ether oxygens (including phenoxy) is 1. The lowest BCUT2D eigenvalue weighted by Gasteiger charge is -2.38. The van der Waals surface area contributed by atoms with Gasteiger partial charge >= 0.3 is 6.09 Å². The number of anilines is 1. The number of carbonyl (C=O) groups is 1. The molecule has 1 amide bonds. The number of benzene rings is 1. The van der Waals surface area contributed by atoms with Gasteiger partial charge in [-0.3, -0.25) is 10.1 Å². The molecule has 32 heavy (non-hydrogen) atoms. The Bertz CT molecular complexity index is 887. The van der Waals surface area contributed by atoms with Gasteiger partial charge in [0.1, 0.15) is 11.3 Å². The summed E-state index contributed by atoms with van der Waals surface area (Å²) in [7, 11) is 0. The van der Waals surface area contributed by atoms with Gasteiger partial charge in [0.05, 0.1) is 4.92 Å². The normalized spacial score (nSPS) is 20.1. The first-order valence-corrected chi connectivity index (χ1v) is 11.6. The molecule has 1 heterocycles. The number of hydrogen-bond acceptors (Lipinski definition) is 5. The molecular formula is C25H37N3O4. The zero-order valence-electron chi connectivity index (χ0n) is 20.3. The first-order chi connectivity index (χ1) is 14.9. The summed E-state index contributed by atoms with van der Waals surface area (Å²) in [5.74, 6) is 0.616. The van der Waals surface area contributed by atoms with Crippen molar-refractivity contribution in [2.75, 3.05) is 31.1 Å². The Morgan fingerprint density at radius 2 is 1.75 bits per heavy atom. The van der Waals surface area contributed by atoms with E-state index in [1.807, 2.05) is 26.8 Å². The van der Waals surface area contributed by atoms with Crippen LogP contribution in [0.2, 0.25) is 0 Å². The van der Waals surface area contributed by atoms with E-state index in [2.05, 4.69) is 31.7 Å². The molecule has 0 saturated carbocycles. The van der Waals surface area contributed by atoms with Crippen LogP contribution in [0, 0.1) is 21.4 Å². The molecule has 1 aromatic carbocycles. The Morgan fingerprint density at radius 3 is 2.25 bits per heavy atom. The molecule has 0 spiro atoms. The summed E-state index contributed by atoms with van der Waals surface area (Å²) in [5.41, 5.74) is 2.67. The Hall–Kier alpha value is -2.57. The van der Waals surface area contributed by atoms with E-state index in [1.54, 1.807) is 17.0 Å². The van der Waals surface area contributed by atoms with Crippen LogP contribution in [0.3, 0.4) is 0 Å². The fraction of sp³-hybridized carbons (Fsp3) is 0.640. The van der Waals surface area contributed by atoms with E-state index >= 15 is 0 Å². The van der Waals surface area contributed by atoms with Gasteiger partial charge in [-0.1, -0.05) is 39.0 Å². The molecule has 0 radical (unpaired) electrons. The number of allylic oxidation sites excluding steroid dienone is 2. The van der Waals surface area contributed by atoms with E-state index in [0.717, 1.165) is 24.8 Å². The maximum Gasteiger partial charge on any atom is 0.410 e. The van der Waals surface area contributed by atoms with Gasteiger partial charge in [-0.25, -0.2) is 4.79 Å². The van der Waals surface area contributed by atoms with Crippen LogP contribution < -0.4 is 4.90 Å². The quantitative estimate of drug-likeness (QED) is 0.431. The number of piperazine rings is 1. The Kier molecular flexibility index (Phi) is 6.86. The highest BCUT2D eigenvalue weighted by Gasteiger charge is 2.32. The van der Waals surface area contributed by atoms with E-state index in [9.17, 15) is 14.9 Å². The molecule has 0 bridgehead atoms. The van der Waals surface area contributed by atoms with Crippen LogP contribution in [0.5, 0.6) is 0 Å². The van der Waals surface area contributed by atoms with Crippen LogP contribution in [-0.2, 0) is 4.74 Å². The SMILES string of the molecule is CC(C)(C)OC(=O)N1CCN(c2c(C3=CCC(C(C)(C)C)CC3)cccc2[N+](=O)[O-])CC1. The van der Waals surface area contributed by atoms with Crippen molar-refractivity contribution in [3.8, 4) is 0 Å². The van der Waals surface area contributed by atoms with Crippen molar-refractivity contribution in [2.45, 2.75) is 66.4 Å². The van der Waals surface area contributed by atoms with E-state index in [0.29, 0.717) is 37.8 Å². The van der Waals surface area contributed by atoms with Crippen LogP contribution in [0.4, 0.5) is 16.2 Å². The summed E-state index contributed by atoms with van der Waals surface area (Å²) in [4.78, 5) is 27.8. The number of amides is 1. The molecule has 176 valence electrons. The van der Waals surface area contributed by atoms with Crippen molar-refractivity contribution in [1.29, 1.82) is 0 Å². The van der Waals surface area contributed by atoms with Crippen LogP contribution in [0.25, 0.3) is 5.57 Å². The van der Waals surface area contributed by atoms with Crippen molar-refractivity contribution in [3.05, 3.63) is 40.0 Å². The van der Waals surface area contributed by atoms with Crippen LogP contribution in [-0.4, -0.2) is 47.7 Å². The van der Waals surface area contributed by atoms with Gasteiger partial charge in [0.2, 0.25) is 0 Å². The van der Waals surface area contributed by atoms with Gasteiger partial charge in [-0.05, 0) is 56.9 Å². The predicted octanol–water partition coefficient (Wildman–Crippen LogP) is 5.88. The van der Waals surface area contributed by atoms with Gasteiger partial charge in [0, 0.05) is 37.8 Å². The smallest absolute Gasteiger partial charge is 0.410 e. The maximum absolute atomic E-state index is 12.4. The molecule has 2 aliphatic rings. The van der Waals surface area contributed by atoms with Gasteiger partial charge in [-0.15, -0.1) is 0 Å². The summed E-state index contributed by atoms with van der Waals surface area (Å²) >= 11 is 0. The number of hydrogen-bond donors (Lipinski definition) is 0. The van der Waals surface area contributed by atoms with Crippen molar-refractivity contribution < 1.29 is 14.5 Å². The molecule has 0 aromatic heterocycles. The first-order valence-electron chi connectivity index (χ1n) is 11.6. The average molecular weight is 444 g/mol.